The van der Waals surface area contributed by atoms with E-state index < -0.39 is 4.92 Å². The molecule has 0 atom stereocenters. The number of halogens is 1. The number of piperazine rings is 1. The Hall–Kier alpha value is -2.64. The number of carbonyl (C=O) groups excluding carboxylic acids is 1. The SMILES string of the molecule is O=C(/C=C/c1ccc([N+](=O)[O-])o1)N1CCN(Cc2ccccc2Cl)CC1. The number of carbonyl (C=O) groups is 1. The van der Waals surface area contributed by atoms with Crippen molar-refractivity contribution in [3.05, 3.63) is 68.9 Å². The Labute approximate surface area is 155 Å². The van der Waals surface area contributed by atoms with Gasteiger partial charge in [0.25, 0.3) is 0 Å². The monoisotopic (exact) mass is 375 g/mol. The van der Waals surface area contributed by atoms with Gasteiger partial charge in [0, 0.05) is 43.8 Å². The lowest BCUT2D eigenvalue weighted by atomic mass is 10.2. The van der Waals surface area contributed by atoms with Gasteiger partial charge < -0.3 is 9.32 Å². The summed E-state index contributed by atoms with van der Waals surface area (Å²) < 4.78 is 5.00. The predicted octanol–water partition coefficient (Wildman–Crippen LogP) is 3.20. The van der Waals surface area contributed by atoms with Crippen LogP contribution in [0.3, 0.4) is 0 Å². The van der Waals surface area contributed by atoms with Gasteiger partial charge in [-0.2, -0.15) is 0 Å². The maximum atomic E-state index is 12.3. The average molecular weight is 376 g/mol. The summed E-state index contributed by atoms with van der Waals surface area (Å²) in [5.41, 5.74) is 1.08. The van der Waals surface area contributed by atoms with Gasteiger partial charge in [-0.05, 0) is 23.8 Å². The molecule has 0 radical (unpaired) electrons. The van der Waals surface area contributed by atoms with Crippen molar-refractivity contribution in [1.29, 1.82) is 0 Å². The van der Waals surface area contributed by atoms with E-state index >= 15 is 0 Å². The van der Waals surface area contributed by atoms with Crippen LogP contribution in [-0.2, 0) is 11.3 Å². The molecule has 0 N–H and O–H groups in total. The fraction of sp³-hybridized carbons (Fsp3) is 0.278. The Balaban J connectivity index is 1.51. The van der Waals surface area contributed by atoms with Gasteiger partial charge in [-0.15, -0.1) is 0 Å². The standard InChI is InChI=1S/C18H18ClN3O4/c19-16-4-2-1-3-14(16)13-20-9-11-21(12-10-20)17(23)7-5-15-6-8-18(26-15)22(24)25/h1-8H,9-13H2/b7-5+. The molecule has 1 aromatic heterocycles. The summed E-state index contributed by atoms with van der Waals surface area (Å²) >= 11 is 6.19. The van der Waals surface area contributed by atoms with Crippen molar-refractivity contribution < 1.29 is 14.1 Å². The van der Waals surface area contributed by atoms with Crippen molar-refractivity contribution in [2.24, 2.45) is 0 Å². The van der Waals surface area contributed by atoms with Crippen molar-refractivity contribution in [2.75, 3.05) is 26.2 Å². The van der Waals surface area contributed by atoms with Crippen molar-refractivity contribution in [1.82, 2.24) is 9.80 Å². The summed E-state index contributed by atoms with van der Waals surface area (Å²) in [6.07, 6.45) is 2.83. The quantitative estimate of drug-likeness (QED) is 0.455. The minimum absolute atomic E-state index is 0.138. The molecule has 0 bridgehead atoms. The highest BCUT2D eigenvalue weighted by atomic mass is 35.5. The van der Waals surface area contributed by atoms with E-state index in [2.05, 4.69) is 4.90 Å². The highest BCUT2D eigenvalue weighted by Crippen LogP contribution is 2.19. The topological polar surface area (TPSA) is 79.8 Å². The third-order valence-corrected chi connectivity index (χ3v) is 4.59. The van der Waals surface area contributed by atoms with Gasteiger partial charge in [0.2, 0.25) is 5.91 Å². The van der Waals surface area contributed by atoms with Gasteiger partial charge in [-0.1, -0.05) is 29.8 Å². The van der Waals surface area contributed by atoms with Crippen molar-refractivity contribution >= 4 is 29.5 Å². The average Bonchev–Trinajstić information content (AvgIpc) is 3.12. The van der Waals surface area contributed by atoms with Crippen molar-refractivity contribution in [3.8, 4) is 0 Å². The summed E-state index contributed by atoms with van der Waals surface area (Å²) in [6.45, 7) is 3.51. The van der Waals surface area contributed by atoms with E-state index in [-0.39, 0.29) is 17.6 Å². The molecular weight excluding hydrogens is 358 g/mol. The molecule has 0 saturated carbocycles. The number of nitro groups is 1. The second-order valence-electron chi connectivity index (χ2n) is 5.96. The summed E-state index contributed by atoms with van der Waals surface area (Å²) in [5, 5.41) is 11.3. The van der Waals surface area contributed by atoms with Crippen LogP contribution in [0.5, 0.6) is 0 Å². The minimum Gasteiger partial charge on any atom is -0.401 e. The van der Waals surface area contributed by atoms with Gasteiger partial charge in [-0.25, -0.2) is 0 Å². The first-order valence-corrected chi connectivity index (χ1v) is 8.58. The molecule has 0 aliphatic carbocycles. The van der Waals surface area contributed by atoms with Crippen LogP contribution in [-0.4, -0.2) is 46.8 Å². The molecule has 1 saturated heterocycles. The molecular formula is C18H18ClN3O4. The smallest absolute Gasteiger partial charge is 0.401 e. The fourth-order valence-corrected chi connectivity index (χ4v) is 2.98. The molecule has 0 spiro atoms. The zero-order valence-electron chi connectivity index (χ0n) is 14.0. The van der Waals surface area contributed by atoms with Crippen LogP contribution in [0.15, 0.2) is 46.9 Å². The van der Waals surface area contributed by atoms with E-state index in [9.17, 15) is 14.9 Å². The zero-order valence-corrected chi connectivity index (χ0v) is 14.8. The van der Waals surface area contributed by atoms with Crippen LogP contribution in [0.4, 0.5) is 5.88 Å². The Morgan fingerprint density at radius 3 is 2.58 bits per heavy atom. The normalized spacial score (nSPS) is 15.5. The van der Waals surface area contributed by atoms with Gasteiger partial charge >= 0.3 is 5.88 Å². The number of rotatable bonds is 5. The first-order chi connectivity index (χ1) is 12.5. The van der Waals surface area contributed by atoms with Crippen LogP contribution in [0, 0.1) is 10.1 Å². The van der Waals surface area contributed by atoms with E-state index in [4.69, 9.17) is 16.0 Å². The lowest BCUT2D eigenvalue weighted by Gasteiger charge is -2.34. The molecule has 1 aliphatic rings. The minimum atomic E-state index is -0.614. The molecule has 7 nitrogen and oxygen atoms in total. The number of nitrogens with zero attached hydrogens (tertiary/aromatic N) is 3. The third-order valence-electron chi connectivity index (χ3n) is 4.22. The number of amides is 1. The van der Waals surface area contributed by atoms with E-state index in [1.54, 1.807) is 4.90 Å². The first-order valence-electron chi connectivity index (χ1n) is 8.20. The second-order valence-corrected chi connectivity index (χ2v) is 6.37. The van der Waals surface area contributed by atoms with Crippen LogP contribution >= 0.6 is 11.6 Å². The van der Waals surface area contributed by atoms with Crippen LogP contribution < -0.4 is 0 Å². The molecule has 1 fully saturated rings. The summed E-state index contributed by atoms with van der Waals surface area (Å²) in [6, 6.07) is 10.5. The van der Waals surface area contributed by atoms with E-state index in [0.29, 0.717) is 13.1 Å². The molecule has 1 aliphatic heterocycles. The molecule has 8 heteroatoms. The Morgan fingerprint density at radius 1 is 1.19 bits per heavy atom. The molecule has 0 unspecified atom stereocenters. The maximum Gasteiger partial charge on any atom is 0.433 e. The fourth-order valence-electron chi connectivity index (χ4n) is 2.78. The highest BCUT2D eigenvalue weighted by molar-refractivity contribution is 6.31. The van der Waals surface area contributed by atoms with E-state index in [1.807, 2.05) is 24.3 Å². The molecule has 2 aromatic rings. The summed E-state index contributed by atoms with van der Waals surface area (Å²) in [7, 11) is 0. The lowest BCUT2D eigenvalue weighted by molar-refractivity contribution is -0.402. The Morgan fingerprint density at radius 2 is 1.92 bits per heavy atom. The largest absolute Gasteiger partial charge is 0.433 e. The number of hydrogen-bond donors (Lipinski definition) is 0. The lowest BCUT2D eigenvalue weighted by Crippen LogP contribution is -2.47. The predicted molar refractivity (Wildman–Crippen MR) is 97.7 cm³/mol. The molecule has 26 heavy (non-hydrogen) atoms. The van der Waals surface area contributed by atoms with Gasteiger partial charge in [-0.3, -0.25) is 19.8 Å². The summed E-state index contributed by atoms with van der Waals surface area (Å²) in [4.78, 5) is 26.2. The van der Waals surface area contributed by atoms with Gasteiger partial charge in [0.1, 0.15) is 10.7 Å². The van der Waals surface area contributed by atoms with Gasteiger partial charge in [0.15, 0.2) is 0 Å². The Bertz CT molecular complexity index is 825. The number of benzene rings is 1. The highest BCUT2D eigenvalue weighted by Gasteiger charge is 2.20. The third kappa shape index (κ3) is 4.50. The molecule has 2 heterocycles. The van der Waals surface area contributed by atoms with Crippen LogP contribution in [0.25, 0.3) is 6.08 Å². The van der Waals surface area contributed by atoms with Crippen LogP contribution in [0.1, 0.15) is 11.3 Å². The first kappa shape index (κ1) is 18.2. The van der Waals surface area contributed by atoms with Crippen molar-refractivity contribution in [3.63, 3.8) is 0 Å². The number of hydrogen-bond acceptors (Lipinski definition) is 5. The van der Waals surface area contributed by atoms with E-state index in [1.165, 1.54) is 24.3 Å². The Kier molecular flexibility index (Phi) is 5.70. The number of furan rings is 1. The molecule has 136 valence electrons. The molecule has 1 amide bonds. The van der Waals surface area contributed by atoms with Gasteiger partial charge in [0.05, 0.1) is 6.07 Å². The molecule has 3 rings (SSSR count). The zero-order chi connectivity index (χ0) is 18.5. The second kappa shape index (κ2) is 8.16. The van der Waals surface area contributed by atoms with Crippen molar-refractivity contribution in [2.45, 2.75) is 6.54 Å². The summed E-state index contributed by atoms with van der Waals surface area (Å²) in [5.74, 6) is -0.200. The molecule has 1 aromatic carbocycles. The van der Waals surface area contributed by atoms with Crippen LogP contribution in [0.2, 0.25) is 5.02 Å². The maximum absolute atomic E-state index is 12.3. The van der Waals surface area contributed by atoms with E-state index in [0.717, 1.165) is 30.2 Å².